The average molecular weight is 299 g/mol. The van der Waals surface area contributed by atoms with Gasteiger partial charge in [0.1, 0.15) is 18.6 Å². The second kappa shape index (κ2) is 7.95. The van der Waals surface area contributed by atoms with E-state index in [9.17, 15) is 9.59 Å². The molecule has 0 aromatic heterocycles. The van der Waals surface area contributed by atoms with Gasteiger partial charge in [0, 0.05) is 0 Å². The Morgan fingerprint density at radius 3 is 2.36 bits per heavy atom. The van der Waals surface area contributed by atoms with Gasteiger partial charge in [0.2, 0.25) is 0 Å². The summed E-state index contributed by atoms with van der Waals surface area (Å²) in [6.45, 7) is 0.159. The zero-order chi connectivity index (χ0) is 15.8. The van der Waals surface area contributed by atoms with Crippen LogP contribution in [-0.4, -0.2) is 18.5 Å². The summed E-state index contributed by atoms with van der Waals surface area (Å²) in [5, 5.41) is 0. The van der Waals surface area contributed by atoms with Crippen molar-refractivity contribution in [3.63, 3.8) is 0 Å². The first-order valence-electron chi connectivity index (χ1n) is 6.85. The van der Waals surface area contributed by atoms with Crippen molar-refractivity contribution in [2.24, 2.45) is 5.73 Å². The number of carbonyl (C=O) groups is 2. The van der Waals surface area contributed by atoms with Gasteiger partial charge < -0.3 is 20.0 Å². The highest BCUT2D eigenvalue weighted by Gasteiger charge is 2.07. The summed E-state index contributed by atoms with van der Waals surface area (Å²) in [4.78, 5) is 22.1. The van der Waals surface area contributed by atoms with Gasteiger partial charge in [-0.25, -0.2) is 4.79 Å². The van der Waals surface area contributed by atoms with Gasteiger partial charge in [0.25, 0.3) is 0 Å². The Labute approximate surface area is 128 Å². The van der Waals surface area contributed by atoms with E-state index in [-0.39, 0.29) is 6.61 Å². The van der Waals surface area contributed by atoms with Gasteiger partial charge in [-0.1, -0.05) is 42.5 Å². The molecule has 5 heteroatoms. The molecule has 0 aliphatic rings. The van der Waals surface area contributed by atoms with Gasteiger partial charge in [-0.2, -0.15) is 0 Å². The number of ether oxygens (including phenoxy) is 2. The zero-order valence-corrected chi connectivity index (χ0v) is 12.0. The van der Waals surface area contributed by atoms with Crippen molar-refractivity contribution in [1.29, 1.82) is 0 Å². The van der Waals surface area contributed by atoms with Crippen LogP contribution in [0.2, 0.25) is 0 Å². The number of rotatable bonds is 6. The summed E-state index contributed by atoms with van der Waals surface area (Å²) in [7, 11) is 0. The highest BCUT2D eigenvalue weighted by molar-refractivity contribution is 5.64. The van der Waals surface area contributed by atoms with E-state index in [1.165, 1.54) is 0 Å². The number of hydrogen-bond acceptors (Lipinski definition) is 5. The second-order valence-corrected chi connectivity index (χ2v) is 4.77. The van der Waals surface area contributed by atoms with Crippen LogP contribution >= 0.6 is 0 Å². The zero-order valence-electron chi connectivity index (χ0n) is 12.0. The van der Waals surface area contributed by atoms with E-state index < -0.39 is 12.2 Å². The van der Waals surface area contributed by atoms with Crippen molar-refractivity contribution >= 4 is 12.4 Å². The summed E-state index contributed by atoms with van der Waals surface area (Å²) < 4.78 is 10.1. The first kappa shape index (κ1) is 15.7. The molecule has 2 N–H and O–H groups in total. The molecule has 0 spiro atoms. The Hall–Kier alpha value is -2.66. The minimum absolute atomic E-state index is 0.159. The van der Waals surface area contributed by atoms with Crippen LogP contribution in [0.1, 0.15) is 11.1 Å². The predicted molar refractivity (Wildman–Crippen MR) is 81.4 cm³/mol. The summed E-state index contributed by atoms with van der Waals surface area (Å²) in [5.41, 5.74) is 7.33. The fourth-order valence-electron chi connectivity index (χ4n) is 1.86. The third kappa shape index (κ3) is 5.03. The molecule has 0 saturated carbocycles. The van der Waals surface area contributed by atoms with Crippen LogP contribution in [0.3, 0.4) is 0 Å². The SMILES string of the molecule is N[C@H](C=O)Cc1ccc(OC(=O)OCc2ccccc2)cc1. The number of carbonyl (C=O) groups excluding carboxylic acids is 2. The summed E-state index contributed by atoms with van der Waals surface area (Å²) in [6, 6.07) is 15.6. The molecular weight excluding hydrogens is 282 g/mol. The summed E-state index contributed by atoms with van der Waals surface area (Å²) >= 11 is 0. The number of benzene rings is 2. The van der Waals surface area contributed by atoms with Gasteiger partial charge in [-0.05, 0) is 29.7 Å². The van der Waals surface area contributed by atoms with Crippen molar-refractivity contribution in [1.82, 2.24) is 0 Å². The number of aldehydes is 1. The van der Waals surface area contributed by atoms with E-state index in [2.05, 4.69) is 0 Å². The van der Waals surface area contributed by atoms with Crippen molar-refractivity contribution in [3.8, 4) is 5.75 Å². The van der Waals surface area contributed by atoms with E-state index in [0.717, 1.165) is 11.1 Å². The first-order valence-corrected chi connectivity index (χ1v) is 6.85. The molecule has 0 aliphatic carbocycles. The molecule has 0 aliphatic heterocycles. The molecule has 1 atom stereocenters. The predicted octanol–water partition coefficient (Wildman–Crippen LogP) is 2.47. The molecule has 5 nitrogen and oxygen atoms in total. The minimum atomic E-state index is -0.763. The van der Waals surface area contributed by atoms with E-state index >= 15 is 0 Å². The fourth-order valence-corrected chi connectivity index (χ4v) is 1.86. The van der Waals surface area contributed by atoms with Gasteiger partial charge in [0.15, 0.2) is 0 Å². The van der Waals surface area contributed by atoms with E-state index in [4.69, 9.17) is 15.2 Å². The fraction of sp³-hybridized carbons (Fsp3) is 0.176. The van der Waals surface area contributed by atoms with Crippen molar-refractivity contribution < 1.29 is 19.1 Å². The van der Waals surface area contributed by atoms with Crippen LogP contribution in [0.15, 0.2) is 54.6 Å². The Morgan fingerprint density at radius 2 is 1.73 bits per heavy atom. The third-order valence-corrected chi connectivity index (χ3v) is 2.97. The van der Waals surface area contributed by atoms with E-state index in [1.54, 1.807) is 24.3 Å². The van der Waals surface area contributed by atoms with Crippen LogP contribution in [0.25, 0.3) is 0 Å². The topological polar surface area (TPSA) is 78.6 Å². The largest absolute Gasteiger partial charge is 0.514 e. The molecule has 0 fully saturated rings. The Kier molecular flexibility index (Phi) is 5.68. The van der Waals surface area contributed by atoms with Crippen LogP contribution in [0.5, 0.6) is 5.75 Å². The lowest BCUT2D eigenvalue weighted by Gasteiger charge is -2.07. The smallest absolute Gasteiger partial charge is 0.429 e. The van der Waals surface area contributed by atoms with Gasteiger partial charge >= 0.3 is 6.16 Å². The lowest BCUT2D eigenvalue weighted by molar-refractivity contribution is -0.108. The van der Waals surface area contributed by atoms with Crippen molar-refractivity contribution in [2.75, 3.05) is 0 Å². The summed E-state index contributed by atoms with van der Waals surface area (Å²) in [6.07, 6.45) is 0.384. The molecule has 2 aromatic rings. The Bertz CT molecular complexity index is 610. The molecule has 0 saturated heterocycles. The summed E-state index contributed by atoms with van der Waals surface area (Å²) in [5.74, 6) is 0.376. The van der Waals surface area contributed by atoms with Crippen molar-refractivity contribution in [2.45, 2.75) is 19.1 Å². The van der Waals surface area contributed by atoms with Crippen LogP contribution in [0.4, 0.5) is 4.79 Å². The van der Waals surface area contributed by atoms with Crippen molar-refractivity contribution in [3.05, 3.63) is 65.7 Å². The maximum absolute atomic E-state index is 11.6. The minimum Gasteiger partial charge on any atom is -0.429 e. The average Bonchev–Trinajstić information content (AvgIpc) is 2.55. The highest BCUT2D eigenvalue weighted by atomic mass is 16.7. The number of nitrogens with two attached hydrogens (primary N) is 1. The molecule has 2 rings (SSSR count). The molecule has 0 unspecified atom stereocenters. The molecule has 0 radical (unpaired) electrons. The molecule has 0 heterocycles. The van der Waals surface area contributed by atoms with Crippen LogP contribution in [-0.2, 0) is 22.6 Å². The highest BCUT2D eigenvalue weighted by Crippen LogP contribution is 2.14. The standard InChI is InChI=1S/C17H17NO4/c18-15(11-19)10-13-6-8-16(9-7-13)22-17(20)21-12-14-4-2-1-3-5-14/h1-9,11,15H,10,12,18H2/t15-/m0/s1. The second-order valence-electron chi connectivity index (χ2n) is 4.77. The molecular formula is C17H17NO4. The van der Waals surface area contributed by atoms with Crippen LogP contribution < -0.4 is 10.5 Å². The van der Waals surface area contributed by atoms with Gasteiger partial charge in [0.05, 0.1) is 6.04 Å². The van der Waals surface area contributed by atoms with Crippen LogP contribution in [0, 0.1) is 0 Å². The normalized spacial score (nSPS) is 11.5. The first-order chi connectivity index (χ1) is 10.7. The molecule has 22 heavy (non-hydrogen) atoms. The lowest BCUT2D eigenvalue weighted by atomic mass is 10.1. The molecule has 0 bridgehead atoms. The van der Waals surface area contributed by atoms with E-state index in [1.807, 2.05) is 30.3 Å². The monoisotopic (exact) mass is 299 g/mol. The molecule has 0 amide bonds. The quantitative estimate of drug-likeness (QED) is 0.503. The maximum Gasteiger partial charge on any atom is 0.514 e. The maximum atomic E-state index is 11.6. The number of hydrogen-bond donors (Lipinski definition) is 1. The Balaban J connectivity index is 1.82. The lowest BCUT2D eigenvalue weighted by Crippen LogP contribution is -2.23. The molecule has 114 valence electrons. The molecule has 2 aromatic carbocycles. The van der Waals surface area contributed by atoms with Gasteiger partial charge in [-0.15, -0.1) is 0 Å². The van der Waals surface area contributed by atoms with E-state index in [0.29, 0.717) is 18.5 Å². The third-order valence-electron chi connectivity index (χ3n) is 2.97. The Morgan fingerprint density at radius 1 is 1.05 bits per heavy atom. The van der Waals surface area contributed by atoms with Gasteiger partial charge in [-0.3, -0.25) is 0 Å².